The molecule has 2 heterocycles. The Labute approximate surface area is 165 Å². The summed E-state index contributed by atoms with van der Waals surface area (Å²) < 4.78 is 43.9. The Morgan fingerprint density at radius 1 is 1.03 bits per heavy atom. The first-order chi connectivity index (χ1) is 13.9. The summed E-state index contributed by atoms with van der Waals surface area (Å²) in [6, 6.07) is 13.7. The number of rotatable bonds is 3. The first-order valence-electron chi connectivity index (χ1n) is 9.27. The van der Waals surface area contributed by atoms with Gasteiger partial charge in [0.25, 0.3) is 5.91 Å². The van der Waals surface area contributed by atoms with Gasteiger partial charge in [0.1, 0.15) is 0 Å². The third-order valence-electron chi connectivity index (χ3n) is 4.98. The van der Waals surface area contributed by atoms with Crippen LogP contribution in [0.5, 0.6) is 0 Å². The van der Waals surface area contributed by atoms with E-state index in [-0.39, 0.29) is 17.7 Å². The molecule has 0 radical (unpaired) electrons. The fourth-order valence-electron chi connectivity index (χ4n) is 3.44. The van der Waals surface area contributed by atoms with Gasteiger partial charge in [0.05, 0.1) is 11.5 Å². The number of halogens is 3. The van der Waals surface area contributed by atoms with Gasteiger partial charge < -0.3 is 9.32 Å². The minimum Gasteiger partial charge on any atom is -0.420 e. The van der Waals surface area contributed by atoms with Crippen LogP contribution < -0.4 is 0 Å². The molecule has 1 aromatic heterocycles. The van der Waals surface area contributed by atoms with Crippen LogP contribution in [0.4, 0.5) is 13.2 Å². The highest BCUT2D eigenvalue weighted by atomic mass is 19.4. The van der Waals surface area contributed by atoms with Crippen molar-refractivity contribution in [2.75, 3.05) is 13.1 Å². The third kappa shape index (κ3) is 4.16. The molecule has 3 aromatic rings. The van der Waals surface area contributed by atoms with Crippen LogP contribution in [0.2, 0.25) is 0 Å². The van der Waals surface area contributed by atoms with Gasteiger partial charge in [-0.3, -0.25) is 4.79 Å². The molecule has 0 aliphatic carbocycles. The number of benzene rings is 2. The van der Waals surface area contributed by atoms with E-state index in [4.69, 9.17) is 4.42 Å². The lowest BCUT2D eigenvalue weighted by molar-refractivity contribution is -0.137. The summed E-state index contributed by atoms with van der Waals surface area (Å²) in [7, 11) is 0. The number of nitrogens with zero attached hydrogens (tertiary/aromatic N) is 3. The molecule has 2 aromatic carbocycles. The second kappa shape index (κ2) is 7.69. The second-order valence-corrected chi connectivity index (χ2v) is 6.98. The summed E-state index contributed by atoms with van der Waals surface area (Å²) in [5.41, 5.74) is 0.317. The molecule has 8 heteroatoms. The monoisotopic (exact) mass is 401 g/mol. The van der Waals surface area contributed by atoms with Crippen molar-refractivity contribution >= 4 is 5.91 Å². The van der Waals surface area contributed by atoms with Crippen molar-refractivity contribution in [1.29, 1.82) is 0 Å². The van der Waals surface area contributed by atoms with E-state index in [1.807, 2.05) is 18.2 Å². The van der Waals surface area contributed by atoms with Crippen LogP contribution in [0.25, 0.3) is 11.5 Å². The van der Waals surface area contributed by atoms with E-state index in [9.17, 15) is 18.0 Å². The molecule has 1 unspecified atom stereocenters. The number of hydrogen-bond acceptors (Lipinski definition) is 4. The fourth-order valence-corrected chi connectivity index (χ4v) is 3.44. The van der Waals surface area contributed by atoms with Crippen molar-refractivity contribution in [2.45, 2.75) is 24.9 Å². The lowest BCUT2D eigenvalue weighted by Gasteiger charge is -2.31. The standard InChI is InChI=1S/C21H18F3N3O2/c22-21(23,24)17-10-8-14(9-11-17)18-25-26-19(29-18)16-7-4-12-27(13-16)20(28)15-5-2-1-3-6-15/h1-3,5-6,8-11,16H,4,7,12-13H2. The van der Waals surface area contributed by atoms with Crippen LogP contribution in [0.1, 0.15) is 40.6 Å². The maximum absolute atomic E-state index is 12.7. The molecule has 29 heavy (non-hydrogen) atoms. The molecule has 1 fully saturated rings. The summed E-state index contributed by atoms with van der Waals surface area (Å²) in [4.78, 5) is 14.5. The van der Waals surface area contributed by atoms with E-state index in [1.165, 1.54) is 12.1 Å². The van der Waals surface area contributed by atoms with Gasteiger partial charge in [-0.15, -0.1) is 10.2 Å². The first-order valence-corrected chi connectivity index (χ1v) is 9.27. The van der Waals surface area contributed by atoms with E-state index in [0.29, 0.717) is 30.1 Å². The topological polar surface area (TPSA) is 59.2 Å². The van der Waals surface area contributed by atoms with Gasteiger partial charge in [-0.25, -0.2) is 0 Å². The van der Waals surface area contributed by atoms with E-state index >= 15 is 0 Å². The van der Waals surface area contributed by atoms with Gasteiger partial charge >= 0.3 is 6.18 Å². The summed E-state index contributed by atoms with van der Waals surface area (Å²) in [6.07, 6.45) is -2.79. The third-order valence-corrected chi connectivity index (χ3v) is 4.98. The largest absolute Gasteiger partial charge is 0.420 e. The van der Waals surface area contributed by atoms with Crippen LogP contribution >= 0.6 is 0 Å². The molecule has 1 aliphatic rings. The summed E-state index contributed by atoms with van der Waals surface area (Å²) in [5.74, 6) is 0.413. The lowest BCUT2D eigenvalue weighted by atomic mass is 9.97. The van der Waals surface area contributed by atoms with Gasteiger partial charge in [0, 0.05) is 24.2 Å². The molecule has 0 saturated carbocycles. The predicted octanol–water partition coefficient (Wildman–Crippen LogP) is 4.78. The Kier molecular flexibility index (Phi) is 5.08. The Hall–Kier alpha value is -3.16. The summed E-state index contributed by atoms with van der Waals surface area (Å²) in [6.45, 7) is 1.12. The molecule has 5 nitrogen and oxygen atoms in total. The first kappa shape index (κ1) is 19.2. The number of alkyl halides is 3. The number of amides is 1. The van der Waals surface area contributed by atoms with Crippen molar-refractivity contribution in [3.8, 4) is 11.5 Å². The highest BCUT2D eigenvalue weighted by Crippen LogP contribution is 2.32. The van der Waals surface area contributed by atoms with E-state index in [1.54, 1.807) is 17.0 Å². The number of aromatic nitrogens is 2. The normalized spacial score (nSPS) is 17.3. The van der Waals surface area contributed by atoms with Gasteiger partial charge in [-0.2, -0.15) is 13.2 Å². The van der Waals surface area contributed by atoms with Crippen molar-refractivity contribution < 1.29 is 22.4 Å². The predicted molar refractivity (Wildman–Crippen MR) is 99.1 cm³/mol. The fraction of sp³-hybridized carbons (Fsp3) is 0.286. The highest BCUT2D eigenvalue weighted by molar-refractivity contribution is 5.94. The number of likely N-dealkylation sites (tertiary alicyclic amines) is 1. The molecular formula is C21H18F3N3O2. The molecule has 1 saturated heterocycles. The molecule has 0 N–H and O–H groups in total. The Morgan fingerprint density at radius 3 is 2.45 bits per heavy atom. The van der Waals surface area contributed by atoms with Crippen LogP contribution in [0.15, 0.2) is 59.0 Å². The minimum absolute atomic E-state index is 0.0437. The van der Waals surface area contributed by atoms with Crippen LogP contribution in [0, 0.1) is 0 Å². The lowest BCUT2D eigenvalue weighted by Crippen LogP contribution is -2.39. The van der Waals surface area contributed by atoms with Crippen LogP contribution in [-0.2, 0) is 6.18 Å². The molecule has 4 rings (SSSR count). The Balaban J connectivity index is 1.48. The second-order valence-electron chi connectivity index (χ2n) is 6.98. The Bertz CT molecular complexity index is 984. The average molecular weight is 401 g/mol. The molecule has 1 aliphatic heterocycles. The maximum Gasteiger partial charge on any atom is 0.416 e. The smallest absolute Gasteiger partial charge is 0.416 e. The summed E-state index contributed by atoms with van der Waals surface area (Å²) >= 11 is 0. The van der Waals surface area contributed by atoms with Crippen molar-refractivity contribution in [3.63, 3.8) is 0 Å². The minimum atomic E-state index is -4.39. The van der Waals surface area contributed by atoms with E-state index < -0.39 is 11.7 Å². The molecule has 0 bridgehead atoms. The number of carbonyl (C=O) groups excluding carboxylic acids is 1. The zero-order valence-corrected chi connectivity index (χ0v) is 15.4. The highest BCUT2D eigenvalue weighted by Gasteiger charge is 2.31. The molecule has 1 atom stereocenters. The van der Waals surface area contributed by atoms with Gasteiger partial charge in [0.2, 0.25) is 11.8 Å². The zero-order valence-electron chi connectivity index (χ0n) is 15.4. The number of carbonyl (C=O) groups is 1. The molecule has 0 spiro atoms. The number of hydrogen-bond donors (Lipinski definition) is 0. The van der Waals surface area contributed by atoms with E-state index in [0.717, 1.165) is 25.0 Å². The van der Waals surface area contributed by atoms with Crippen LogP contribution in [-0.4, -0.2) is 34.1 Å². The van der Waals surface area contributed by atoms with Crippen LogP contribution in [0.3, 0.4) is 0 Å². The molecule has 150 valence electrons. The van der Waals surface area contributed by atoms with Crippen molar-refractivity contribution in [2.24, 2.45) is 0 Å². The quantitative estimate of drug-likeness (QED) is 0.634. The van der Waals surface area contributed by atoms with Gasteiger partial charge in [-0.1, -0.05) is 18.2 Å². The van der Waals surface area contributed by atoms with Crippen molar-refractivity contribution in [3.05, 3.63) is 71.6 Å². The molecule has 1 amide bonds. The summed E-state index contributed by atoms with van der Waals surface area (Å²) in [5, 5.41) is 8.06. The number of piperidine rings is 1. The van der Waals surface area contributed by atoms with Crippen molar-refractivity contribution in [1.82, 2.24) is 15.1 Å². The SMILES string of the molecule is O=C(c1ccccc1)N1CCCC(c2nnc(-c3ccc(C(F)(F)F)cc3)o2)C1. The van der Waals surface area contributed by atoms with E-state index in [2.05, 4.69) is 10.2 Å². The van der Waals surface area contributed by atoms with Gasteiger partial charge in [0.15, 0.2) is 0 Å². The average Bonchev–Trinajstić information content (AvgIpc) is 3.24. The molecular weight excluding hydrogens is 383 g/mol. The zero-order chi connectivity index (χ0) is 20.4. The van der Waals surface area contributed by atoms with Gasteiger partial charge in [-0.05, 0) is 49.2 Å². The Morgan fingerprint density at radius 2 is 1.76 bits per heavy atom. The maximum atomic E-state index is 12.7.